The van der Waals surface area contributed by atoms with Crippen LogP contribution in [0.15, 0.2) is 18.2 Å². The van der Waals surface area contributed by atoms with E-state index >= 15 is 0 Å². The highest BCUT2D eigenvalue weighted by atomic mass is 19.1. The van der Waals surface area contributed by atoms with E-state index < -0.39 is 17.7 Å². The van der Waals surface area contributed by atoms with Crippen LogP contribution in [0.3, 0.4) is 0 Å². The normalized spacial score (nSPS) is 20.1. The van der Waals surface area contributed by atoms with E-state index in [9.17, 15) is 18.7 Å². The molecule has 1 saturated heterocycles. The summed E-state index contributed by atoms with van der Waals surface area (Å²) in [7, 11) is 0. The van der Waals surface area contributed by atoms with Crippen molar-refractivity contribution in [1.29, 1.82) is 0 Å². The number of anilines is 1. The molecule has 0 aliphatic carbocycles. The smallest absolute Gasteiger partial charge is 0.238 e. The largest absolute Gasteiger partial charge is 0.392 e. The molecule has 0 radical (unpaired) electrons. The van der Waals surface area contributed by atoms with Gasteiger partial charge in [0.15, 0.2) is 0 Å². The van der Waals surface area contributed by atoms with Crippen LogP contribution in [0.25, 0.3) is 0 Å². The van der Waals surface area contributed by atoms with Crippen LogP contribution in [0.5, 0.6) is 0 Å². The maximum Gasteiger partial charge on any atom is 0.238 e. The number of carbonyl (C=O) groups is 1. The van der Waals surface area contributed by atoms with E-state index in [0.29, 0.717) is 19.5 Å². The van der Waals surface area contributed by atoms with Crippen LogP contribution in [0, 0.1) is 11.6 Å². The number of likely N-dealkylation sites (tertiary alicyclic amines) is 1. The van der Waals surface area contributed by atoms with E-state index in [2.05, 4.69) is 5.32 Å². The number of carbonyl (C=O) groups excluding carboxylic acids is 1. The van der Waals surface area contributed by atoms with Crippen molar-refractivity contribution < 1.29 is 18.7 Å². The van der Waals surface area contributed by atoms with E-state index in [1.807, 2.05) is 0 Å². The van der Waals surface area contributed by atoms with Crippen LogP contribution < -0.4 is 5.32 Å². The molecule has 2 rings (SSSR count). The Morgan fingerprint density at radius 1 is 1.50 bits per heavy atom. The molecule has 6 heteroatoms. The first-order valence-electron chi connectivity index (χ1n) is 5.70. The third-order valence-electron chi connectivity index (χ3n) is 2.82. The average molecular weight is 256 g/mol. The lowest BCUT2D eigenvalue weighted by molar-refractivity contribution is -0.117. The molecule has 18 heavy (non-hydrogen) atoms. The molecule has 1 aliphatic rings. The number of benzene rings is 1. The second-order valence-electron chi connectivity index (χ2n) is 4.35. The monoisotopic (exact) mass is 256 g/mol. The number of halogens is 2. The van der Waals surface area contributed by atoms with Crippen molar-refractivity contribution in [3.05, 3.63) is 29.8 Å². The molecule has 0 saturated carbocycles. The first-order valence-corrected chi connectivity index (χ1v) is 5.70. The molecule has 1 heterocycles. The third kappa shape index (κ3) is 3.24. The Kier molecular flexibility index (Phi) is 3.88. The Bertz CT molecular complexity index is 454. The van der Waals surface area contributed by atoms with E-state index in [0.717, 1.165) is 12.1 Å². The molecule has 1 atom stereocenters. The highest BCUT2D eigenvalue weighted by molar-refractivity contribution is 5.92. The van der Waals surface area contributed by atoms with Gasteiger partial charge in [-0.15, -0.1) is 0 Å². The fraction of sp³-hybridized carbons (Fsp3) is 0.417. The summed E-state index contributed by atoms with van der Waals surface area (Å²) < 4.78 is 25.9. The zero-order valence-electron chi connectivity index (χ0n) is 9.70. The van der Waals surface area contributed by atoms with Gasteiger partial charge >= 0.3 is 0 Å². The SMILES string of the molecule is O=C(CN1CC[C@@H](O)C1)Nc1ccc(F)cc1F. The fourth-order valence-corrected chi connectivity index (χ4v) is 1.94. The van der Waals surface area contributed by atoms with Crippen LogP contribution in [0.2, 0.25) is 0 Å². The topological polar surface area (TPSA) is 52.6 Å². The lowest BCUT2D eigenvalue weighted by Gasteiger charge is -2.14. The van der Waals surface area contributed by atoms with E-state index in [4.69, 9.17) is 0 Å². The number of rotatable bonds is 3. The number of hydrogen-bond acceptors (Lipinski definition) is 3. The van der Waals surface area contributed by atoms with Crippen molar-refractivity contribution in [2.24, 2.45) is 0 Å². The molecule has 98 valence electrons. The number of nitrogens with one attached hydrogen (secondary N) is 1. The molecular weight excluding hydrogens is 242 g/mol. The minimum Gasteiger partial charge on any atom is -0.392 e. The first-order chi connectivity index (χ1) is 8.54. The molecular formula is C12H14F2N2O2. The lowest BCUT2D eigenvalue weighted by Crippen LogP contribution is -2.32. The van der Waals surface area contributed by atoms with Gasteiger partial charge in [-0.3, -0.25) is 9.69 Å². The minimum atomic E-state index is -0.801. The van der Waals surface area contributed by atoms with Crippen molar-refractivity contribution in [3.8, 4) is 0 Å². The summed E-state index contributed by atoms with van der Waals surface area (Å²) in [5.74, 6) is -1.87. The van der Waals surface area contributed by atoms with Crippen molar-refractivity contribution in [2.45, 2.75) is 12.5 Å². The molecule has 1 aromatic carbocycles. The quantitative estimate of drug-likeness (QED) is 0.847. The Morgan fingerprint density at radius 2 is 2.28 bits per heavy atom. The minimum absolute atomic E-state index is 0.0406. The van der Waals surface area contributed by atoms with Crippen molar-refractivity contribution in [3.63, 3.8) is 0 Å². The number of aliphatic hydroxyl groups is 1. The van der Waals surface area contributed by atoms with Gasteiger partial charge in [-0.05, 0) is 18.6 Å². The molecule has 1 aromatic rings. The molecule has 1 amide bonds. The van der Waals surface area contributed by atoms with Gasteiger partial charge in [-0.25, -0.2) is 8.78 Å². The zero-order chi connectivity index (χ0) is 13.1. The van der Waals surface area contributed by atoms with Crippen LogP contribution in [-0.4, -0.2) is 41.7 Å². The summed E-state index contributed by atoms with van der Waals surface area (Å²) in [6, 6.07) is 2.98. The van der Waals surface area contributed by atoms with Crippen LogP contribution in [0.1, 0.15) is 6.42 Å². The number of β-amino-alcohol motifs (C(OH)–C–C–N with tert-alkyl or cyclic N) is 1. The Balaban J connectivity index is 1.91. The highest BCUT2D eigenvalue weighted by Crippen LogP contribution is 2.15. The maximum absolute atomic E-state index is 13.3. The second-order valence-corrected chi connectivity index (χ2v) is 4.35. The molecule has 1 aliphatic heterocycles. The average Bonchev–Trinajstić information content (AvgIpc) is 2.68. The van der Waals surface area contributed by atoms with Crippen molar-refractivity contribution >= 4 is 11.6 Å². The number of aliphatic hydroxyl groups excluding tert-OH is 1. The number of nitrogens with zero attached hydrogens (tertiary/aromatic N) is 1. The molecule has 0 bridgehead atoms. The van der Waals surface area contributed by atoms with Gasteiger partial charge in [0.2, 0.25) is 5.91 Å². The van der Waals surface area contributed by atoms with Crippen LogP contribution in [0.4, 0.5) is 14.5 Å². The van der Waals surface area contributed by atoms with Gasteiger partial charge < -0.3 is 10.4 Å². The predicted octanol–water partition coefficient (Wildman–Crippen LogP) is 0.970. The van der Waals surface area contributed by atoms with Crippen LogP contribution in [-0.2, 0) is 4.79 Å². The fourth-order valence-electron chi connectivity index (χ4n) is 1.94. The molecule has 0 unspecified atom stereocenters. The second kappa shape index (κ2) is 5.41. The van der Waals surface area contributed by atoms with E-state index in [-0.39, 0.29) is 18.1 Å². The van der Waals surface area contributed by atoms with Gasteiger partial charge in [0.1, 0.15) is 11.6 Å². The summed E-state index contributed by atoms with van der Waals surface area (Å²) in [4.78, 5) is 13.4. The van der Waals surface area contributed by atoms with Crippen molar-refractivity contribution in [2.75, 3.05) is 25.0 Å². The lowest BCUT2D eigenvalue weighted by atomic mass is 10.3. The Morgan fingerprint density at radius 3 is 2.89 bits per heavy atom. The summed E-state index contributed by atoms with van der Waals surface area (Å²) >= 11 is 0. The predicted molar refractivity (Wildman–Crippen MR) is 62.1 cm³/mol. The Labute approximate surface area is 103 Å². The molecule has 1 fully saturated rings. The van der Waals surface area contributed by atoms with Gasteiger partial charge in [-0.1, -0.05) is 0 Å². The zero-order valence-corrected chi connectivity index (χ0v) is 9.70. The van der Waals surface area contributed by atoms with Gasteiger partial charge in [-0.2, -0.15) is 0 Å². The van der Waals surface area contributed by atoms with Crippen molar-refractivity contribution in [1.82, 2.24) is 4.90 Å². The molecule has 0 spiro atoms. The standard InChI is InChI=1S/C12H14F2N2O2/c13-8-1-2-11(10(14)5-8)15-12(18)7-16-4-3-9(17)6-16/h1-2,5,9,17H,3-4,6-7H2,(H,15,18)/t9-/m1/s1. The molecule has 2 N–H and O–H groups in total. The number of hydrogen-bond donors (Lipinski definition) is 2. The van der Waals surface area contributed by atoms with E-state index in [1.165, 1.54) is 6.07 Å². The summed E-state index contributed by atoms with van der Waals surface area (Å²) in [5.41, 5.74) is -0.0406. The van der Waals surface area contributed by atoms with Crippen LogP contribution >= 0.6 is 0 Å². The summed E-state index contributed by atoms with van der Waals surface area (Å²) in [5, 5.41) is 11.7. The highest BCUT2D eigenvalue weighted by Gasteiger charge is 2.22. The maximum atomic E-state index is 13.3. The third-order valence-corrected chi connectivity index (χ3v) is 2.82. The van der Waals surface area contributed by atoms with E-state index in [1.54, 1.807) is 4.90 Å². The summed E-state index contributed by atoms with van der Waals surface area (Å²) in [6.45, 7) is 1.17. The number of amides is 1. The summed E-state index contributed by atoms with van der Waals surface area (Å²) in [6.07, 6.45) is 0.235. The Hall–Kier alpha value is -1.53. The van der Waals surface area contributed by atoms with Gasteiger partial charge in [0.25, 0.3) is 0 Å². The molecule has 4 nitrogen and oxygen atoms in total. The first kappa shape index (κ1) is 12.9. The van der Waals surface area contributed by atoms with Gasteiger partial charge in [0, 0.05) is 19.2 Å². The van der Waals surface area contributed by atoms with Gasteiger partial charge in [0.05, 0.1) is 18.3 Å². The molecule has 0 aromatic heterocycles.